The van der Waals surface area contributed by atoms with Gasteiger partial charge in [-0.2, -0.15) is 0 Å². The molecular formula is C22H27FN4O3. The first-order valence-corrected chi connectivity index (χ1v) is 10.1. The van der Waals surface area contributed by atoms with Gasteiger partial charge in [0.1, 0.15) is 12.0 Å². The molecule has 0 spiro atoms. The third-order valence-corrected chi connectivity index (χ3v) is 4.88. The number of nitrogens with zero attached hydrogens (tertiary/aromatic N) is 1. The van der Waals surface area contributed by atoms with Crippen LogP contribution in [-0.4, -0.2) is 23.4 Å². The molecule has 2 aromatic rings. The third-order valence-electron chi connectivity index (χ3n) is 4.88. The first kappa shape index (κ1) is 21.7. The van der Waals surface area contributed by atoms with Crippen LogP contribution in [0.25, 0.3) is 0 Å². The van der Waals surface area contributed by atoms with Gasteiger partial charge in [0.05, 0.1) is 6.61 Å². The number of pyridine rings is 1. The molecule has 2 amide bonds. The van der Waals surface area contributed by atoms with Crippen LogP contribution < -0.4 is 20.7 Å². The van der Waals surface area contributed by atoms with Crippen molar-refractivity contribution >= 4 is 11.8 Å². The second-order valence-electron chi connectivity index (χ2n) is 7.52. The average molecular weight is 414 g/mol. The van der Waals surface area contributed by atoms with Gasteiger partial charge in [0.15, 0.2) is 0 Å². The zero-order valence-corrected chi connectivity index (χ0v) is 17.4. The molecule has 2 heterocycles. The van der Waals surface area contributed by atoms with E-state index in [0.717, 1.165) is 11.1 Å². The van der Waals surface area contributed by atoms with E-state index in [1.807, 2.05) is 26.8 Å². The lowest BCUT2D eigenvalue weighted by Crippen LogP contribution is -2.47. The Morgan fingerprint density at radius 1 is 1.33 bits per heavy atom. The molecule has 0 radical (unpaired) electrons. The quantitative estimate of drug-likeness (QED) is 0.648. The third kappa shape index (κ3) is 5.33. The number of amides is 2. The highest BCUT2D eigenvalue weighted by Crippen LogP contribution is 2.27. The predicted molar refractivity (Wildman–Crippen MR) is 110 cm³/mol. The Kier molecular flexibility index (Phi) is 6.99. The van der Waals surface area contributed by atoms with E-state index < -0.39 is 12.0 Å². The van der Waals surface area contributed by atoms with Gasteiger partial charge in [-0.05, 0) is 30.2 Å². The summed E-state index contributed by atoms with van der Waals surface area (Å²) in [6.07, 6.45) is 1.19. The van der Waals surface area contributed by atoms with Crippen LogP contribution in [-0.2, 0) is 16.1 Å². The SMILES string of the molecule is CCOc1ccc(C2CC(=O)NC(c3cc(CNC(=O)C(C)C)ccc3F)N2)cn1. The number of carbonyl (C=O) groups excluding carboxylic acids is 2. The Bertz CT molecular complexity index is 902. The normalized spacial score (nSPS) is 18.8. The molecule has 1 aromatic heterocycles. The van der Waals surface area contributed by atoms with Crippen LogP contribution in [0.5, 0.6) is 5.88 Å². The number of aromatic nitrogens is 1. The molecule has 2 unspecified atom stereocenters. The highest BCUT2D eigenvalue weighted by atomic mass is 19.1. The summed E-state index contributed by atoms with van der Waals surface area (Å²) in [5.74, 6) is -0.311. The van der Waals surface area contributed by atoms with Gasteiger partial charge < -0.3 is 15.4 Å². The molecular weight excluding hydrogens is 387 g/mol. The molecule has 0 saturated carbocycles. The lowest BCUT2D eigenvalue weighted by molar-refractivity contribution is -0.125. The largest absolute Gasteiger partial charge is 0.478 e. The molecule has 0 aliphatic carbocycles. The summed E-state index contributed by atoms with van der Waals surface area (Å²) < 4.78 is 19.9. The van der Waals surface area contributed by atoms with E-state index >= 15 is 0 Å². The molecule has 30 heavy (non-hydrogen) atoms. The lowest BCUT2D eigenvalue weighted by Gasteiger charge is -2.32. The highest BCUT2D eigenvalue weighted by molar-refractivity contribution is 5.78. The van der Waals surface area contributed by atoms with Crippen molar-refractivity contribution in [1.82, 2.24) is 20.9 Å². The van der Waals surface area contributed by atoms with Crippen LogP contribution in [0.2, 0.25) is 0 Å². The predicted octanol–water partition coefficient (Wildman–Crippen LogP) is 2.74. The van der Waals surface area contributed by atoms with Gasteiger partial charge in [-0.15, -0.1) is 0 Å². The Balaban J connectivity index is 1.76. The van der Waals surface area contributed by atoms with Gasteiger partial charge in [0.2, 0.25) is 17.7 Å². The smallest absolute Gasteiger partial charge is 0.223 e. The summed E-state index contributed by atoms with van der Waals surface area (Å²) in [5.41, 5.74) is 1.89. The van der Waals surface area contributed by atoms with Crippen LogP contribution in [0.15, 0.2) is 36.5 Å². The van der Waals surface area contributed by atoms with E-state index in [1.165, 1.54) is 6.07 Å². The van der Waals surface area contributed by atoms with Crippen molar-refractivity contribution in [3.63, 3.8) is 0 Å². The number of rotatable bonds is 7. The standard InChI is InChI=1S/C22H27FN4O3/c1-4-30-20-8-6-15(12-24-20)18-10-19(28)27-21(26-18)16-9-14(5-7-17(16)23)11-25-22(29)13(2)3/h5-9,12-13,18,21,26H,4,10-11H2,1-3H3,(H,25,29)(H,27,28). The van der Waals surface area contributed by atoms with Crippen LogP contribution in [0.1, 0.15) is 56.1 Å². The molecule has 8 heteroatoms. The maximum Gasteiger partial charge on any atom is 0.223 e. The van der Waals surface area contributed by atoms with Gasteiger partial charge in [0, 0.05) is 42.8 Å². The van der Waals surface area contributed by atoms with Crippen molar-refractivity contribution in [2.75, 3.05) is 6.61 Å². The first-order valence-electron chi connectivity index (χ1n) is 10.1. The fourth-order valence-electron chi connectivity index (χ4n) is 3.24. The van der Waals surface area contributed by atoms with Crippen molar-refractivity contribution in [2.45, 2.75) is 45.9 Å². The van der Waals surface area contributed by atoms with Crippen LogP contribution >= 0.6 is 0 Å². The van der Waals surface area contributed by atoms with Crippen molar-refractivity contribution in [3.8, 4) is 5.88 Å². The van der Waals surface area contributed by atoms with Crippen LogP contribution in [0.3, 0.4) is 0 Å². The fourth-order valence-corrected chi connectivity index (χ4v) is 3.24. The second kappa shape index (κ2) is 9.67. The maximum absolute atomic E-state index is 14.6. The molecule has 1 fully saturated rings. The highest BCUT2D eigenvalue weighted by Gasteiger charge is 2.29. The topological polar surface area (TPSA) is 92.4 Å². The summed E-state index contributed by atoms with van der Waals surface area (Å²) >= 11 is 0. The Labute approximate surface area is 175 Å². The molecule has 3 N–H and O–H groups in total. The fraction of sp³-hybridized carbons (Fsp3) is 0.409. The molecule has 7 nitrogen and oxygen atoms in total. The Morgan fingerprint density at radius 2 is 2.13 bits per heavy atom. The number of nitrogens with one attached hydrogen (secondary N) is 3. The first-order chi connectivity index (χ1) is 14.4. The van der Waals surface area contributed by atoms with Gasteiger partial charge in [0.25, 0.3) is 0 Å². The van der Waals surface area contributed by atoms with Crippen molar-refractivity contribution < 1.29 is 18.7 Å². The maximum atomic E-state index is 14.6. The van der Waals surface area contributed by atoms with Crippen molar-refractivity contribution in [3.05, 3.63) is 59.0 Å². The number of benzene rings is 1. The molecule has 1 aliphatic heterocycles. The van der Waals surface area contributed by atoms with E-state index in [4.69, 9.17) is 4.74 Å². The second-order valence-corrected chi connectivity index (χ2v) is 7.52. The molecule has 2 atom stereocenters. The molecule has 160 valence electrons. The number of halogens is 1. The summed E-state index contributed by atoms with van der Waals surface area (Å²) in [6.45, 7) is 6.30. The van der Waals surface area contributed by atoms with E-state index in [-0.39, 0.29) is 36.7 Å². The van der Waals surface area contributed by atoms with E-state index in [9.17, 15) is 14.0 Å². The van der Waals surface area contributed by atoms with Gasteiger partial charge >= 0.3 is 0 Å². The van der Waals surface area contributed by atoms with Crippen molar-refractivity contribution in [2.24, 2.45) is 5.92 Å². The van der Waals surface area contributed by atoms with E-state index in [2.05, 4.69) is 20.9 Å². The molecule has 0 bridgehead atoms. The summed E-state index contributed by atoms with van der Waals surface area (Å²) in [4.78, 5) is 28.4. The Hall–Kier alpha value is -3.00. The summed E-state index contributed by atoms with van der Waals surface area (Å²) in [5, 5.41) is 8.89. The monoisotopic (exact) mass is 414 g/mol. The molecule has 1 aliphatic rings. The Morgan fingerprint density at radius 3 is 2.80 bits per heavy atom. The molecule has 3 rings (SSSR count). The minimum absolute atomic E-state index is 0.0759. The lowest BCUT2D eigenvalue weighted by atomic mass is 9.99. The molecule has 1 saturated heterocycles. The van der Waals surface area contributed by atoms with E-state index in [1.54, 1.807) is 24.4 Å². The zero-order valence-electron chi connectivity index (χ0n) is 17.4. The van der Waals surface area contributed by atoms with Crippen LogP contribution in [0.4, 0.5) is 4.39 Å². The van der Waals surface area contributed by atoms with Crippen molar-refractivity contribution in [1.29, 1.82) is 0 Å². The molecule has 1 aromatic carbocycles. The van der Waals surface area contributed by atoms with Gasteiger partial charge in [-0.25, -0.2) is 9.37 Å². The number of hydrogen-bond donors (Lipinski definition) is 3. The van der Waals surface area contributed by atoms with E-state index in [0.29, 0.717) is 18.1 Å². The van der Waals surface area contributed by atoms with Gasteiger partial charge in [-0.1, -0.05) is 26.0 Å². The number of hydrogen-bond acceptors (Lipinski definition) is 5. The number of ether oxygens (including phenoxy) is 1. The average Bonchev–Trinajstić information content (AvgIpc) is 2.73. The number of carbonyl (C=O) groups is 2. The summed E-state index contributed by atoms with van der Waals surface area (Å²) in [7, 11) is 0. The van der Waals surface area contributed by atoms with Gasteiger partial charge in [-0.3, -0.25) is 14.9 Å². The minimum Gasteiger partial charge on any atom is -0.478 e. The van der Waals surface area contributed by atoms with Crippen LogP contribution in [0, 0.1) is 11.7 Å². The minimum atomic E-state index is -0.691. The summed E-state index contributed by atoms with van der Waals surface area (Å²) in [6, 6.07) is 7.92. The zero-order chi connectivity index (χ0) is 21.7.